The summed E-state index contributed by atoms with van der Waals surface area (Å²) < 4.78 is 68.6. The summed E-state index contributed by atoms with van der Waals surface area (Å²) in [7, 11) is -10.0. The molecule has 5 atom stereocenters. The van der Waals surface area contributed by atoms with Crippen LogP contribution in [0.5, 0.6) is 0 Å². The van der Waals surface area contributed by atoms with Crippen molar-refractivity contribution in [1.82, 2.24) is 0 Å². The summed E-state index contributed by atoms with van der Waals surface area (Å²) in [5.41, 5.74) is 0. The van der Waals surface area contributed by atoms with Gasteiger partial charge >= 0.3 is 39.5 Å². The van der Waals surface area contributed by atoms with E-state index in [0.29, 0.717) is 38.5 Å². The molecule has 0 saturated heterocycles. The topological polar surface area (TPSA) is 237 Å². The minimum Gasteiger partial charge on any atom is -0.462 e. The Labute approximate surface area is 667 Å². The molecule has 0 aromatic heterocycles. The first-order chi connectivity index (χ1) is 53.7. The fraction of sp³-hybridized carbons (Fsp3) is 0.648. The number of phosphoric ester groups is 2. The fourth-order valence-electron chi connectivity index (χ4n) is 10.8. The number of esters is 4. The Balaban J connectivity index is 5.53. The summed E-state index contributed by atoms with van der Waals surface area (Å²) in [6, 6.07) is 0. The van der Waals surface area contributed by atoms with Crippen LogP contribution in [0.3, 0.4) is 0 Å². The van der Waals surface area contributed by atoms with Gasteiger partial charge in [-0.25, -0.2) is 9.13 Å². The molecule has 0 aliphatic carbocycles. The standard InChI is InChI=1S/C91H150O17P2/c1-5-9-13-17-21-25-29-33-37-40-42-45-49-52-56-60-64-68-72-76-89(94)102-81-86(107-90(95)77-73-69-65-61-57-53-47-36-32-28-24-20-16-12-8-4)83-105-109(97,98)103-79-85(92)80-104-110(99,100)106-84-87(82-101-88(93)75-71-67-63-59-55-51-48-44-39-35-31-27-23-19-15-11-7-3)108-91(96)78-74-70-66-62-58-54-50-46-43-41-38-34-30-26-22-18-14-10-6-2/h9,13,21-23,25-27,33-35,37-39,42-43,45-46,48,51-52,54,56,58-59,63,66,70,85-87,92H,5-8,10-12,14-20,24,28-32,36,40-41,44,47,49-50,53,55,57,60-62,64-65,67-69,71-84H2,1-4H3,(H,97,98)(H,99,100)/b13-9-,25-21-,26-22-,27-23-,37-33-,38-34-,39-35-,45-42-,46-43-,51-48-,56-52-,58-54-,63-59-,70-66-/t85-,86-,87-/m1/s1. The summed E-state index contributed by atoms with van der Waals surface area (Å²) in [4.78, 5) is 73.2. The van der Waals surface area contributed by atoms with E-state index >= 15 is 0 Å². The zero-order valence-corrected chi connectivity index (χ0v) is 70.4. The summed E-state index contributed by atoms with van der Waals surface area (Å²) in [5, 5.41) is 10.7. The molecular formula is C91H150O17P2. The first kappa shape index (κ1) is 104. The van der Waals surface area contributed by atoms with Gasteiger partial charge in [0.1, 0.15) is 19.3 Å². The zero-order valence-electron chi connectivity index (χ0n) is 68.6. The van der Waals surface area contributed by atoms with E-state index < -0.39 is 97.5 Å². The van der Waals surface area contributed by atoms with Crippen LogP contribution in [0.2, 0.25) is 0 Å². The van der Waals surface area contributed by atoms with Crippen LogP contribution in [0.15, 0.2) is 170 Å². The Morgan fingerprint density at radius 3 is 0.836 bits per heavy atom. The number of unbranched alkanes of at least 4 members (excludes halogenated alkanes) is 24. The van der Waals surface area contributed by atoms with E-state index in [1.54, 1.807) is 0 Å². The van der Waals surface area contributed by atoms with Gasteiger partial charge < -0.3 is 33.8 Å². The lowest BCUT2D eigenvalue weighted by Gasteiger charge is -2.21. The van der Waals surface area contributed by atoms with Crippen LogP contribution in [0, 0.1) is 0 Å². The van der Waals surface area contributed by atoms with E-state index in [2.05, 4.69) is 167 Å². The van der Waals surface area contributed by atoms with Crippen molar-refractivity contribution in [2.24, 2.45) is 0 Å². The average molecular weight is 1580 g/mol. The van der Waals surface area contributed by atoms with Gasteiger partial charge in [0, 0.05) is 25.7 Å². The molecule has 0 heterocycles. The number of carbonyl (C=O) groups excluding carboxylic acids is 4. The van der Waals surface area contributed by atoms with E-state index in [-0.39, 0.29) is 25.7 Å². The highest BCUT2D eigenvalue weighted by molar-refractivity contribution is 7.47. The third-order valence-corrected chi connectivity index (χ3v) is 19.1. The maximum Gasteiger partial charge on any atom is 0.472 e. The molecule has 17 nitrogen and oxygen atoms in total. The van der Waals surface area contributed by atoms with Gasteiger partial charge in [-0.2, -0.15) is 0 Å². The van der Waals surface area contributed by atoms with Crippen LogP contribution < -0.4 is 0 Å². The molecule has 110 heavy (non-hydrogen) atoms. The first-order valence-corrected chi connectivity index (χ1v) is 45.4. The normalized spacial score (nSPS) is 14.6. The largest absolute Gasteiger partial charge is 0.472 e. The summed E-state index contributed by atoms with van der Waals surface area (Å²) in [6.45, 7) is 4.54. The van der Waals surface area contributed by atoms with Gasteiger partial charge in [-0.1, -0.05) is 320 Å². The van der Waals surface area contributed by atoms with Crippen molar-refractivity contribution < 1.29 is 80.2 Å². The van der Waals surface area contributed by atoms with Gasteiger partial charge in [0.15, 0.2) is 12.2 Å². The van der Waals surface area contributed by atoms with E-state index in [1.165, 1.54) is 103 Å². The van der Waals surface area contributed by atoms with Crippen molar-refractivity contribution in [2.45, 2.75) is 341 Å². The molecule has 0 radical (unpaired) electrons. The van der Waals surface area contributed by atoms with Gasteiger partial charge in [-0.05, 0) is 148 Å². The van der Waals surface area contributed by atoms with Gasteiger partial charge in [-0.15, -0.1) is 0 Å². The molecule has 0 aliphatic heterocycles. The van der Waals surface area contributed by atoms with Crippen LogP contribution in [0.25, 0.3) is 0 Å². The van der Waals surface area contributed by atoms with Crippen LogP contribution in [-0.4, -0.2) is 96.7 Å². The van der Waals surface area contributed by atoms with Crippen LogP contribution in [0.4, 0.5) is 0 Å². The zero-order chi connectivity index (χ0) is 80.3. The SMILES string of the molecule is CC/C=C\C/C=C\C/C=C\C/C=C\C/C=C\CCCCCC(=O)OC[C@H](COP(=O)(O)OC[C@@H](O)COP(=O)(O)OC[C@@H](COC(=O)CCC/C=C\C/C=C\C/C=C\C/C=C\CCCCC)OC(=O)CC/C=C\C/C=C\C/C=C\C/C=C\C/C=C\CCCCC)OC(=O)CCCCCCCCCCCCCCCCC. The highest BCUT2D eigenvalue weighted by Gasteiger charge is 2.30. The Morgan fingerprint density at radius 1 is 0.264 bits per heavy atom. The predicted molar refractivity (Wildman–Crippen MR) is 454 cm³/mol. The number of carbonyl (C=O) groups is 4. The van der Waals surface area contributed by atoms with Crippen LogP contribution >= 0.6 is 15.6 Å². The van der Waals surface area contributed by atoms with E-state index in [1.807, 2.05) is 30.4 Å². The molecule has 0 aromatic carbocycles. The summed E-state index contributed by atoms with van der Waals surface area (Å²) in [6.07, 6.45) is 97.7. The number of ether oxygens (including phenoxy) is 4. The molecule has 2 unspecified atom stereocenters. The molecular weight excluding hydrogens is 1430 g/mol. The fourth-order valence-corrected chi connectivity index (χ4v) is 12.3. The molecule has 0 saturated carbocycles. The quantitative estimate of drug-likeness (QED) is 0.0169. The molecule has 626 valence electrons. The van der Waals surface area contributed by atoms with Gasteiger partial charge in [0.25, 0.3) is 0 Å². The molecule has 0 amide bonds. The highest BCUT2D eigenvalue weighted by Crippen LogP contribution is 2.45. The summed E-state index contributed by atoms with van der Waals surface area (Å²) in [5.74, 6) is -2.38. The molecule has 0 aromatic rings. The molecule has 3 N–H and O–H groups in total. The minimum absolute atomic E-state index is 0.0459. The third-order valence-electron chi connectivity index (χ3n) is 17.2. The number of hydrogen-bond acceptors (Lipinski definition) is 15. The van der Waals surface area contributed by atoms with E-state index in [9.17, 15) is 43.2 Å². The van der Waals surface area contributed by atoms with E-state index in [0.717, 1.165) is 128 Å². The van der Waals surface area contributed by atoms with Gasteiger partial charge in [-0.3, -0.25) is 37.3 Å². The number of aliphatic hydroxyl groups is 1. The number of rotatable bonds is 78. The highest BCUT2D eigenvalue weighted by atomic mass is 31.2. The molecule has 0 aliphatic rings. The Bertz CT molecular complexity index is 2750. The van der Waals surface area contributed by atoms with Crippen molar-refractivity contribution >= 4 is 39.5 Å². The van der Waals surface area contributed by atoms with Gasteiger partial charge in [0.05, 0.1) is 26.4 Å². The van der Waals surface area contributed by atoms with Crippen molar-refractivity contribution in [3.8, 4) is 0 Å². The molecule has 19 heteroatoms. The number of aliphatic hydroxyl groups excluding tert-OH is 1. The lowest BCUT2D eigenvalue weighted by Crippen LogP contribution is -2.30. The van der Waals surface area contributed by atoms with Crippen molar-refractivity contribution in [1.29, 1.82) is 0 Å². The van der Waals surface area contributed by atoms with E-state index in [4.69, 9.17) is 37.0 Å². The lowest BCUT2D eigenvalue weighted by atomic mass is 10.0. The van der Waals surface area contributed by atoms with Crippen LogP contribution in [0.1, 0.15) is 323 Å². The first-order valence-electron chi connectivity index (χ1n) is 42.4. The lowest BCUT2D eigenvalue weighted by molar-refractivity contribution is -0.161. The second kappa shape index (κ2) is 81.4. The second-order valence-corrected chi connectivity index (χ2v) is 30.6. The predicted octanol–water partition coefficient (Wildman–Crippen LogP) is 25.3. The second-order valence-electron chi connectivity index (χ2n) is 27.7. The molecule has 0 rings (SSSR count). The number of hydrogen-bond donors (Lipinski definition) is 3. The molecule has 0 bridgehead atoms. The van der Waals surface area contributed by atoms with Crippen molar-refractivity contribution in [2.75, 3.05) is 39.6 Å². The number of phosphoric acid groups is 2. The minimum atomic E-state index is -5.02. The maximum absolute atomic E-state index is 13.1. The maximum atomic E-state index is 13.1. The molecule has 0 fully saturated rings. The monoisotopic (exact) mass is 1580 g/mol. The molecule has 0 spiro atoms. The Morgan fingerprint density at radius 2 is 0.500 bits per heavy atom. The van der Waals surface area contributed by atoms with Crippen molar-refractivity contribution in [3.05, 3.63) is 170 Å². The Hall–Kier alpha value is -5.58. The van der Waals surface area contributed by atoms with Gasteiger partial charge in [0.2, 0.25) is 0 Å². The van der Waals surface area contributed by atoms with Crippen molar-refractivity contribution in [3.63, 3.8) is 0 Å². The third kappa shape index (κ3) is 80.5. The smallest absolute Gasteiger partial charge is 0.462 e. The summed E-state index contributed by atoms with van der Waals surface area (Å²) >= 11 is 0. The Kier molecular flexibility index (Phi) is 77.3. The average Bonchev–Trinajstić information content (AvgIpc) is 0.882. The van der Waals surface area contributed by atoms with Crippen LogP contribution in [-0.2, 0) is 65.4 Å². The number of allylic oxidation sites excluding steroid dienone is 28.